The first-order chi connectivity index (χ1) is 19.3. The van der Waals surface area contributed by atoms with Crippen LogP contribution in [-0.2, 0) is 16.0 Å². The van der Waals surface area contributed by atoms with E-state index >= 15 is 4.39 Å². The van der Waals surface area contributed by atoms with E-state index in [2.05, 4.69) is 27.6 Å². The van der Waals surface area contributed by atoms with Crippen molar-refractivity contribution in [3.63, 3.8) is 0 Å². The molecule has 9 nitrogen and oxygen atoms in total. The first kappa shape index (κ1) is 28.8. The van der Waals surface area contributed by atoms with Gasteiger partial charge < -0.3 is 29.7 Å². The molecule has 1 saturated heterocycles. The molecule has 1 aliphatic rings. The van der Waals surface area contributed by atoms with Gasteiger partial charge >= 0.3 is 0 Å². The number of hydrogen-bond acceptors (Lipinski definition) is 8. The van der Waals surface area contributed by atoms with E-state index in [9.17, 15) is 4.79 Å². The zero-order valence-corrected chi connectivity index (χ0v) is 23.3. The number of benzene rings is 2. The molecule has 0 spiro atoms. The van der Waals surface area contributed by atoms with E-state index in [4.69, 9.17) is 19.6 Å². The molecule has 1 aromatic heterocycles. The van der Waals surface area contributed by atoms with Gasteiger partial charge in [-0.2, -0.15) is 0 Å². The number of carbonyl (C=O) groups excluding carboxylic acids is 1. The summed E-state index contributed by atoms with van der Waals surface area (Å²) in [6.07, 6.45) is 5.85. The van der Waals surface area contributed by atoms with E-state index in [0.29, 0.717) is 11.3 Å². The van der Waals surface area contributed by atoms with Gasteiger partial charge in [0, 0.05) is 36.0 Å². The highest BCUT2D eigenvalue weighted by molar-refractivity contribution is 6.47. The molecule has 0 atom stereocenters. The van der Waals surface area contributed by atoms with Crippen LogP contribution < -0.4 is 20.1 Å². The van der Waals surface area contributed by atoms with Gasteiger partial charge in [-0.15, -0.1) is 0 Å². The van der Waals surface area contributed by atoms with Gasteiger partial charge in [-0.05, 0) is 76.2 Å². The number of anilines is 1. The molecule has 0 radical (unpaired) electrons. The second kappa shape index (κ2) is 13.3. The number of fused-ring (bicyclic) bond motifs is 1. The van der Waals surface area contributed by atoms with Gasteiger partial charge in [0.05, 0.1) is 24.9 Å². The number of aryl methyl sites for hydroxylation is 1. The maximum absolute atomic E-state index is 15.0. The van der Waals surface area contributed by atoms with Crippen LogP contribution in [-0.4, -0.2) is 61.4 Å². The van der Waals surface area contributed by atoms with Crippen LogP contribution >= 0.6 is 0 Å². The lowest BCUT2D eigenvalue weighted by atomic mass is 10.1. The summed E-state index contributed by atoms with van der Waals surface area (Å²) in [6.45, 7) is 6.03. The van der Waals surface area contributed by atoms with Crippen LogP contribution in [0.2, 0.25) is 0 Å². The average Bonchev–Trinajstić information content (AvgIpc) is 2.96. The van der Waals surface area contributed by atoms with E-state index in [1.807, 2.05) is 19.1 Å². The Bertz CT molecular complexity index is 1400. The normalized spacial score (nSPS) is 14.6. The van der Waals surface area contributed by atoms with Gasteiger partial charge in [0.1, 0.15) is 23.1 Å². The molecule has 2 heterocycles. The Labute approximate surface area is 233 Å². The van der Waals surface area contributed by atoms with E-state index in [0.717, 1.165) is 49.1 Å². The number of likely N-dealkylation sites (tertiary alicyclic amines) is 1. The number of carbonyl (C=O) groups is 1. The molecule has 4 rings (SSSR count). The maximum atomic E-state index is 15.0. The van der Waals surface area contributed by atoms with Crippen molar-refractivity contribution >= 4 is 28.2 Å². The van der Waals surface area contributed by atoms with Crippen LogP contribution in [0.25, 0.3) is 10.9 Å². The lowest BCUT2D eigenvalue weighted by molar-refractivity contribution is -0.110. The number of nitrogens with one attached hydrogen (secondary N) is 3. The molecule has 0 unspecified atom stereocenters. The summed E-state index contributed by atoms with van der Waals surface area (Å²) < 4.78 is 32.0. The van der Waals surface area contributed by atoms with E-state index in [1.165, 1.54) is 12.1 Å². The highest BCUT2D eigenvalue weighted by Crippen LogP contribution is 2.34. The minimum absolute atomic E-state index is 0.0705. The van der Waals surface area contributed by atoms with Crippen molar-refractivity contribution in [1.29, 1.82) is 5.41 Å². The fourth-order valence-electron chi connectivity index (χ4n) is 4.54. The number of amides is 1. The van der Waals surface area contributed by atoms with Crippen LogP contribution in [0.3, 0.4) is 0 Å². The summed E-state index contributed by atoms with van der Waals surface area (Å²) in [4.78, 5) is 19.5. The van der Waals surface area contributed by atoms with E-state index in [-0.39, 0.29) is 29.8 Å². The van der Waals surface area contributed by atoms with Gasteiger partial charge in [-0.1, -0.05) is 6.92 Å². The fraction of sp³-hybridized carbons (Fsp3) is 0.367. The van der Waals surface area contributed by atoms with Crippen LogP contribution in [0.15, 0.2) is 54.6 Å². The smallest absolute Gasteiger partial charge is 0.277 e. The van der Waals surface area contributed by atoms with Crippen molar-refractivity contribution in [2.45, 2.75) is 39.2 Å². The zero-order chi connectivity index (χ0) is 28.6. The number of halogens is 1. The summed E-state index contributed by atoms with van der Waals surface area (Å²) in [6, 6.07) is 9.91. The minimum Gasteiger partial charge on any atom is -0.496 e. The molecule has 0 saturated carbocycles. The molecule has 1 amide bonds. The number of nitrogens with zero attached hydrogens (tertiary/aromatic N) is 2. The maximum Gasteiger partial charge on any atom is 0.277 e. The van der Waals surface area contributed by atoms with Gasteiger partial charge in [0.15, 0.2) is 11.5 Å². The number of rotatable bonds is 11. The monoisotopic (exact) mass is 549 g/mol. The minimum atomic E-state index is -0.779. The Morgan fingerprint density at radius 3 is 2.62 bits per heavy atom. The van der Waals surface area contributed by atoms with Crippen LogP contribution in [0, 0.1) is 11.2 Å². The van der Waals surface area contributed by atoms with Crippen molar-refractivity contribution in [3.8, 4) is 17.2 Å². The number of piperidine rings is 1. The molecular formula is C30H36FN5O4. The highest BCUT2D eigenvalue weighted by atomic mass is 19.1. The fourth-order valence-corrected chi connectivity index (χ4v) is 4.54. The largest absolute Gasteiger partial charge is 0.496 e. The Morgan fingerprint density at radius 2 is 1.95 bits per heavy atom. The first-order valence-electron chi connectivity index (χ1n) is 13.4. The molecule has 2 aromatic carbocycles. The van der Waals surface area contributed by atoms with Gasteiger partial charge in [-0.25, -0.2) is 4.39 Å². The Hall–Kier alpha value is -4.18. The molecule has 3 aromatic rings. The molecule has 40 heavy (non-hydrogen) atoms. The Balaban J connectivity index is 1.45. The number of aromatic nitrogens is 1. The second-order valence-corrected chi connectivity index (χ2v) is 9.60. The first-order valence-corrected chi connectivity index (χ1v) is 13.4. The molecule has 212 valence electrons. The third-order valence-corrected chi connectivity index (χ3v) is 6.84. The quantitative estimate of drug-likeness (QED) is 0.221. The molecule has 1 aliphatic heterocycles. The number of pyridine rings is 1. The third kappa shape index (κ3) is 6.87. The van der Waals surface area contributed by atoms with Crippen LogP contribution in [0.1, 0.15) is 32.3 Å². The second-order valence-electron chi connectivity index (χ2n) is 9.60. The topological polar surface area (TPSA) is 109 Å². The lowest BCUT2D eigenvalue weighted by Crippen LogP contribution is -2.39. The summed E-state index contributed by atoms with van der Waals surface area (Å²) in [5, 5.41) is 14.8. The Morgan fingerprint density at radius 1 is 1.18 bits per heavy atom. The average molecular weight is 550 g/mol. The number of ether oxygens (including phenoxy) is 3. The zero-order valence-electron chi connectivity index (χ0n) is 23.3. The lowest BCUT2D eigenvalue weighted by Gasteiger charge is -2.29. The number of hydrogen-bond donors (Lipinski definition) is 3. The van der Waals surface area contributed by atoms with Crippen molar-refractivity contribution in [1.82, 2.24) is 15.2 Å². The Kier molecular flexibility index (Phi) is 9.55. The summed E-state index contributed by atoms with van der Waals surface area (Å²) in [5.41, 5.74) is 1.23. The summed E-state index contributed by atoms with van der Waals surface area (Å²) in [7, 11) is 3.70. The summed E-state index contributed by atoms with van der Waals surface area (Å²) >= 11 is 0. The molecule has 10 heteroatoms. The highest BCUT2D eigenvalue weighted by Gasteiger charge is 2.20. The SMILES string of the molecule is CCO/C(=C/NC1CCN(C)CC1)C(=N)C(=O)Nc1ccc(Oc2ccnc3cc(OC)c(CC)cc23)cc1F. The van der Waals surface area contributed by atoms with Gasteiger partial charge in [-0.3, -0.25) is 15.2 Å². The molecule has 0 aliphatic carbocycles. The van der Waals surface area contributed by atoms with Crippen molar-refractivity contribution < 1.29 is 23.4 Å². The van der Waals surface area contributed by atoms with Crippen molar-refractivity contribution in [3.05, 3.63) is 65.9 Å². The van der Waals surface area contributed by atoms with Crippen molar-refractivity contribution in [2.24, 2.45) is 0 Å². The molecule has 1 fully saturated rings. The molecule has 3 N–H and O–H groups in total. The van der Waals surface area contributed by atoms with Crippen LogP contribution in [0.5, 0.6) is 17.2 Å². The molecular weight excluding hydrogens is 513 g/mol. The van der Waals surface area contributed by atoms with Gasteiger partial charge in [0.25, 0.3) is 5.91 Å². The van der Waals surface area contributed by atoms with Crippen LogP contribution in [0.4, 0.5) is 10.1 Å². The third-order valence-electron chi connectivity index (χ3n) is 6.84. The predicted octanol–water partition coefficient (Wildman–Crippen LogP) is 5.26. The van der Waals surface area contributed by atoms with Crippen molar-refractivity contribution in [2.75, 3.05) is 39.2 Å². The van der Waals surface area contributed by atoms with Gasteiger partial charge in [0.2, 0.25) is 0 Å². The number of methoxy groups -OCH3 is 1. The van der Waals surface area contributed by atoms with E-state index < -0.39 is 17.4 Å². The predicted molar refractivity (Wildman–Crippen MR) is 154 cm³/mol. The standard InChI is InChI=1S/C30H36FN5O4/c1-5-19-15-22-25(17-27(19)38-4)33-12-9-26(22)40-21-7-8-24(23(31)16-21)35-30(37)29(32)28(39-6-2)18-34-20-10-13-36(3)14-11-20/h7-9,12,15-18,20,32,34H,5-6,10-11,13-14H2,1-4H3,(H,35,37)/b28-18+,32-29?. The summed E-state index contributed by atoms with van der Waals surface area (Å²) in [5.74, 6) is 0.147. The van der Waals surface area contributed by atoms with E-state index in [1.54, 1.807) is 38.6 Å². The molecule has 0 bridgehead atoms.